The lowest BCUT2D eigenvalue weighted by Gasteiger charge is -2.22. The highest BCUT2D eigenvalue weighted by molar-refractivity contribution is 7.89. The number of carbonyl (C=O) groups excluding carboxylic acids is 1. The molecule has 1 N–H and O–H groups in total. The molecule has 0 aliphatic heterocycles. The van der Waals surface area contributed by atoms with Gasteiger partial charge in [-0.25, -0.2) is 21.9 Å². The van der Waals surface area contributed by atoms with Gasteiger partial charge in [-0.1, -0.05) is 27.7 Å². The molecule has 0 heterocycles. The number of ketones is 1. The predicted octanol–water partition coefficient (Wildman–Crippen LogP) is 2.88. The van der Waals surface area contributed by atoms with Crippen molar-refractivity contribution >= 4 is 15.8 Å². The van der Waals surface area contributed by atoms with E-state index in [0.717, 1.165) is 12.1 Å². The number of Topliss-reactive ketones (excluding diaryl/α,β-unsaturated/α-hetero) is 1. The predicted molar refractivity (Wildman–Crippen MR) is 75.6 cm³/mol. The number of carbonyl (C=O) groups is 1. The summed E-state index contributed by atoms with van der Waals surface area (Å²) in [5.74, 6) is -3.16. The Morgan fingerprint density at radius 2 is 1.81 bits per heavy atom. The number of nitrogens with one attached hydrogen (secondary N) is 1. The quantitative estimate of drug-likeness (QED) is 0.820. The molecule has 1 aromatic carbocycles. The maximum atomic E-state index is 14.4. The minimum atomic E-state index is -4.11. The standard InChI is InChI=1S/C14H19F2NO3S/c1-5-14(3,4)13(18)11-9(15)7-8-10(12(11)16)21(19,20)17-6-2/h7-8,17H,5-6H2,1-4H3. The van der Waals surface area contributed by atoms with E-state index in [4.69, 9.17) is 0 Å². The molecule has 0 fully saturated rings. The van der Waals surface area contributed by atoms with Gasteiger partial charge in [0.25, 0.3) is 0 Å². The Labute approximate surface area is 123 Å². The first-order valence-electron chi connectivity index (χ1n) is 6.61. The number of rotatable bonds is 6. The van der Waals surface area contributed by atoms with Gasteiger partial charge >= 0.3 is 0 Å². The van der Waals surface area contributed by atoms with E-state index in [-0.39, 0.29) is 6.54 Å². The highest BCUT2D eigenvalue weighted by Gasteiger charge is 2.34. The molecule has 0 aliphatic carbocycles. The van der Waals surface area contributed by atoms with Gasteiger partial charge in [0, 0.05) is 12.0 Å². The molecule has 1 rings (SSSR count). The minimum absolute atomic E-state index is 0.0584. The van der Waals surface area contributed by atoms with Crippen molar-refractivity contribution in [1.82, 2.24) is 4.72 Å². The molecule has 21 heavy (non-hydrogen) atoms. The van der Waals surface area contributed by atoms with Gasteiger partial charge in [-0.3, -0.25) is 4.79 Å². The summed E-state index contributed by atoms with van der Waals surface area (Å²) in [7, 11) is -4.11. The van der Waals surface area contributed by atoms with Crippen molar-refractivity contribution in [3.63, 3.8) is 0 Å². The second-order valence-electron chi connectivity index (χ2n) is 5.30. The SMILES string of the molecule is CCNS(=O)(=O)c1ccc(F)c(C(=O)C(C)(C)CC)c1F. The number of hydrogen-bond donors (Lipinski definition) is 1. The maximum absolute atomic E-state index is 14.4. The third kappa shape index (κ3) is 3.47. The lowest BCUT2D eigenvalue weighted by Crippen LogP contribution is -2.28. The summed E-state index contributed by atoms with van der Waals surface area (Å²) < 4.78 is 54.1. The maximum Gasteiger partial charge on any atom is 0.243 e. The van der Waals surface area contributed by atoms with Crippen LogP contribution < -0.4 is 4.72 Å². The van der Waals surface area contributed by atoms with Crippen LogP contribution in [0.5, 0.6) is 0 Å². The van der Waals surface area contributed by atoms with Crippen LogP contribution in [-0.2, 0) is 10.0 Å². The first-order valence-corrected chi connectivity index (χ1v) is 8.09. The average molecular weight is 319 g/mol. The number of benzene rings is 1. The van der Waals surface area contributed by atoms with E-state index < -0.39 is 43.3 Å². The Hall–Kier alpha value is -1.34. The third-order valence-electron chi connectivity index (χ3n) is 3.41. The van der Waals surface area contributed by atoms with E-state index in [9.17, 15) is 22.0 Å². The molecule has 0 unspecified atom stereocenters. The number of halogens is 2. The van der Waals surface area contributed by atoms with E-state index in [1.54, 1.807) is 20.8 Å². The van der Waals surface area contributed by atoms with Crippen molar-refractivity contribution in [2.75, 3.05) is 6.54 Å². The molecule has 1 aromatic rings. The molecule has 0 aliphatic rings. The summed E-state index contributed by atoms with van der Waals surface area (Å²) in [4.78, 5) is 11.6. The van der Waals surface area contributed by atoms with Crippen LogP contribution in [0, 0.1) is 17.0 Å². The largest absolute Gasteiger partial charge is 0.293 e. The molecule has 0 saturated heterocycles. The van der Waals surface area contributed by atoms with E-state index in [1.165, 1.54) is 6.92 Å². The van der Waals surface area contributed by atoms with Gasteiger partial charge < -0.3 is 0 Å². The van der Waals surface area contributed by atoms with Gasteiger partial charge in [0.2, 0.25) is 10.0 Å². The van der Waals surface area contributed by atoms with Gasteiger partial charge in [-0.2, -0.15) is 0 Å². The second kappa shape index (κ2) is 6.19. The van der Waals surface area contributed by atoms with E-state index >= 15 is 0 Å². The monoisotopic (exact) mass is 319 g/mol. The van der Waals surface area contributed by atoms with Crippen LogP contribution in [0.3, 0.4) is 0 Å². The van der Waals surface area contributed by atoms with Crippen molar-refractivity contribution in [2.24, 2.45) is 5.41 Å². The molecule has 0 radical (unpaired) electrons. The fraction of sp³-hybridized carbons (Fsp3) is 0.500. The highest BCUT2D eigenvalue weighted by Crippen LogP contribution is 2.30. The third-order valence-corrected chi connectivity index (χ3v) is 4.97. The average Bonchev–Trinajstić information content (AvgIpc) is 2.38. The number of sulfonamides is 1. The van der Waals surface area contributed by atoms with Crippen LogP contribution in [0.25, 0.3) is 0 Å². The fourth-order valence-electron chi connectivity index (χ4n) is 1.72. The molecule has 0 bridgehead atoms. The van der Waals surface area contributed by atoms with Crippen LogP contribution in [0.15, 0.2) is 17.0 Å². The van der Waals surface area contributed by atoms with Crippen LogP contribution in [0.1, 0.15) is 44.5 Å². The van der Waals surface area contributed by atoms with Gasteiger partial charge in [-0.15, -0.1) is 0 Å². The minimum Gasteiger partial charge on any atom is -0.293 e. The van der Waals surface area contributed by atoms with Crippen LogP contribution >= 0.6 is 0 Å². The first-order chi connectivity index (χ1) is 9.58. The molecular formula is C14H19F2NO3S. The van der Waals surface area contributed by atoms with Crippen molar-refractivity contribution in [2.45, 2.75) is 39.0 Å². The summed E-state index contributed by atoms with van der Waals surface area (Å²) in [6, 6.07) is 1.62. The van der Waals surface area contributed by atoms with Crippen molar-refractivity contribution < 1.29 is 22.0 Å². The summed E-state index contributed by atoms with van der Waals surface area (Å²) in [5, 5.41) is 0. The molecule has 0 spiro atoms. The van der Waals surface area contributed by atoms with E-state index in [0.29, 0.717) is 6.42 Å². The molecule has 7 heteroatoms. The Morgan fingerprint density at radius 1 is 1.24 bits per heavy atom. The Balaban J connectivity index is 3.53. The van der Waals surface area contributed by atoms with Crippen LogP contribution in [0.2, 0.25) is 0 Å². The molecule has 118 valence electrons. The summed E-state index contributed by atoms with van der Waals surface area (Å²) in [6.45, 7) is 6.42. The highest BCUT2D eigenvalue weighted by atomic mass is 32.2. The zero-order valence-electron chi connectivity index (χ0n) is 12.5. The lowest BCUT2D eigenvalue weighted by molar-refractivity contribution is 0.0823. The molecular weight excluding hydrogens is 300 g/mol. The molecule has 4 nitrogen and oxygen atoms in total. The normalized spacial score (nSPS) is 12.5. The lowest BCUT2D eigenvalue weighted by atomic mass is 9.81. The molecule has 0 saturated carbocycles. The van der Waals surface area contributed by atoms with Crippen LogP contribution in [-0.4, -0.2) is 20.7 Å². The van der Waals surface area contributed by atoms with Gasteiger partial charge in [0.05, 0.1) is 5.56 Å². The summed E-state index contributed by atoms with van der Waals surface area (Å²) in [6.07, 6.45) is 0.370. The van der Waals surface area contributed by atoms with Gasteiger partial charge in [0.1, 0.15) is 10.7 Å². The fourth-order valence-corrected chi connectivity index (χ4v) is 2.84. The second-order valence-corrected chi connectivity index (χ2v) is 7.04. The summed E-state index contributed by atoms with van der Waals surface area (Å²) in [5.41, 5.74) is -1.79. The Kier molecular flexibility index (Phi) is 5.22. The van der Waals surface area contributed by atoms with Crippen molar-refractivity contribution in [3.8, 4) is 0 Å². The zero-order valence-corrected chi connectivity index (χ0v) is 13.3. The Morgan fingerprint density at radius 3 is 2.29 bits per heavy atom. The molecule has 0 atom stereocenters. The van der Waals surface area contributed by atoms with Crippen LogP contribution in [0.4, 0.5) is 8.78 Å². The van der Waals surface area contributed by atoms with Gasteiger partial charge in [-0.05, 0) is 18.6 Å². The van der Waals surface area contributed by atoms with Crippen molar-refractivity contribution in [3.05, 3.63) is 29.3 Å². The smallest absolute Gasteiger partial charge is 0.243 e. The van der Waals surface area contributed by atoms with E-state index in [1.807, 2.05) is 0 Å². The first kappa shape index (κ1) is 17.7. The topological polar surface area (TPSA) is 63.2 Å². The molecule has 0 aromatic heterocycles. The Bertz CT molecular complexity index is 654. The van der Waals surface area contributed by atoms with E-state index in [2.05, 4.69) is 4.72 Å². The van der Waals surface area contributed by atoms with Crippen molar-refractivity contribution in [1.29, 1.82) is 0 Å². The molecule has 0 amide bonds. The summed E-state index contributed by atoms with van der Waals surface area (Å²) >= 11 is 0. The zero-order chi connectivity index (χ0) is 16.4. The van der Waals surface area contributed by atoms with Gasteiger partial charge in [0.15, 0.2) is 11.6 Å². The number of hydrogen-bond acceptors (Lipinski definition) is 3.